The van der Waals surface area contributed by atoms with Crippen LogP contribution in [0.25, 0.3) is 17.3 Å². The van der Waals surface area contributed by atoms with Gasteiger partial charge >= 0.3 is 0 Å². The number of rotatable bonds is 5. The molecule has 1 aromatic heterocycles. The number of H-pyrrole nitrogens is 1. The standard InChI is InChI=1S/C20H17ClN4O/c1-14(11-15-5-3-2-4-6-15)13-22-25-20(26)19-12-18(23-24-19)16-7-9-17(21)10-8-16/h2-13H,1H3,(H,23,24)(H,25,26)/b14-11+,22-13?. The predicted molar refractivity (Wildman–Crippen MR) is 105 cm³/mol. The van der Waals surface area contributed by atoms with Crippen molar-refractivity contribution in [1.82, 2.24) is 15.6 Å². The Balaban J connectivity index is 1.62. The fourth-order valence-corrected chi connectivity index (χ4v) is 2.43. The van der Waals surface area contributed by atoms with Crippen LogP contribution in [-0.4, -0.2) is 22.3 Å². The average Bonchev–Trinajstić information content (AvgIpc) is 3.13. The molecule has 0 bridgehead atoms. The van der Waals surface area contributed by atoms with Crippen LogP contribution in [0.15, 0.2) is 71.3 Å². The van der Waals surface area contributed by atoms with Crippen molar-refractivity contribution in [2.75, 3.05) is 0 Å². The van der Waals surface area contributed by atoms with Crippen LogP contribution in [0.3, 0.4) is 0 Å². The zero-order chi connectivity index (χ0) is 18.4. The van der Waals surface area contributed by atoms with Crippen LogP contribution in [0.4, 0.5) is 0 Å². The van der Waals surface area contributed by atoms with Gasteiger partial charge in [-0.05, 0) is 36.3 Å². The zero-order valence-electron chi connectivity index (χ0n) is 14.1. The SMILES string of the molecule is C/C(C=NNC(=O)c1cc(-c2ccc(Cl)cc2)n[nH]1)=C\c1ccccc1. The third-order valence-electron chi connectivity index (χ3n) is 3.59. The number of halogens is 1. The first kappa shape index (κ1) is 17.6. The number of nitrogens with zero attached hydrogens (tertiary/aromatic N) is 2. The number of amides is 1. The third-order valence-corrected chi connectivity index (χ3v) is 3.84. The first-order valence-electron chi connectivity index (χ1n) is 8.00. The van der Waals surface area contributed by atoms with E-state index < -0.39 is 0 Å². The number of allylic oxidation sites excluding steroid dienone is 1. The summed E-state index contributed by atoms with van der Waals surface area (Å²) in [7, 11) is 0. The number of aromatic amines is 1. The summed E-state index contributed by atoms with van der Waals surface area (Å²) < 4.78 is 0. The minimum absolute atomic E-state index is 0.330. The van der Waals surface area contributed by atoms with E-state index in [9.17, 15) is 4.79 Å². The Morgan fingerprint density at radius 3 is 2.62 bits per heavy atom. The molecule has 130 valence electrons. The highest BCUT2D eigenvalue weighted by molar-refractivity contribution is 6.30. The van der Waals surface area contributed by atoms with E-state index in [1.807, 2.05) is 55.5 Å². The van der Waals surface area contributed by atoms with Gasteiger partial charge in [0.1, 0.15) is 5.69 Å². The van der Waals surface area contributed by atoms with Crippen molar-refractivity contribution in [2.24, 2.45) is 5.10 Å². The Morgan fingerprint density at radius 1 is 1.15 bits per heavy atom. The van der Waals surface area contributed by atoms with E-state index in [0.29, 0.717) is 16.4 Å². The largest absolute Gasteiger partial charge is 0.289 e. The molecular formula is C20H17ClN4O. The van der Waals surface area contributed by atoms with Gasteiger partial charge in [-0.3, -0.25) is 9.89 Å². The summed E-state index contributed by atoms with van der Waals surface area (Å²) in [6, 6.07) is 18.8. The van der Waals surface area contributed by atoms with Gasteiger partial charge < -0.3 is 0 Å². The molecule has 0 aliphatic heterocycles. The van der Waals surface area contributed by atoms with Crippen molar-refractivity contribution in [2.45, 2.75) is 6.92 Å². The van der Waals surface area contributed by atoms with E-state index in [1.165, 1.54) is 0 Å². The molecule has 6 heteroatoms. The molecule has 1 amide bonds. The zero-order valence-corrected chi connectivity index (χ0v) is 14.9. The van der Waals surface area contributed by atoms with Gasteiger partial charge in [-0.25, -0.2) is 5.43 Å². The fraction of sp³-hybridized carbons (Fsp3) is 0.0500. The number of carbonyl (C=O) groups excluding carboxylic acids is 1. The number of hydrogen-bond donors (Lipinski definition) is 2. The number of benzene rings is 2. The molecule has 0 atom stereocenters. The van der Waals surface area contributed by atoms with Crippen molar-refractivity contribution in [3.63, 3.8) is 0 Å². The van der Waals surface area contributed by atoms with Crippen LogP contribution < -0.4 is 5.43 Å². The monoisotopic (exact) mass is 364 g/mol. The summed E-state index contributed by atoms with van der Waals surface area (Å²) >= 11 is 5.88. The molecular weight excluding hydrogens is 348 g/mol. The second kappa shape index (κ2) is 8.27. The Kier molecular flexibility index (Phi) is 5.61. The van der Waals surface area contributed by atoms with Crippen LogP contribution in [-0.2, 0) is 0 Å². The molecule has 0 fully saturated rings. The van der Waals surface area contributed by atoms with Gasteiger partial charge in [-0.15, -0.1) is 0 Å². The normalized spacial score (nSPS) is 11.7. The summed E-state index contributed by atoms with van der Waals surface area (Å²) in [4.78, 5) is 12.1. The molecule has 26 heavy (non-hydrogen) atoms. The molecule has 0 unspecified atom stereocenters. The lowest BCUT2D eigenvalue weighted by molar-refractivity contribution is 0.0950. The van der Waals surface area contributed by atoms with Crippen molar-refractivity contribution >= 4 is 29.8 Å². The maximum atomic E-state index is 12.1. The van der Waals surface area contributed by atoms with Gasteiger partial charge in [0.15, 0.2) is 0 Å². The van der Waals surface area contributed by atoms with E-state index in [-0.39, 0.29) is 5.91 Å². The molecule has 0 spiro atoms. The molecule has 2 N–H and O–H groups in total. The third kappa shape index (κ3) is 4.68. The molecule has 1 heterocycles. The number of hydrogen-bond acceptors (Lipinski definition) is 3. The first-order valence-corrected chi connectivity index (χ1v) is 8.38. The average molecular weight is 365 g/mol. The van der Waals surface area contributed by atoms with E-state index in [4.69, 9.17) is 11.6 Å². The number of carbonyl (C=O) groups is 1. The lowest BCUT2D eigenvalue weighted by atomic mass is 10.1. The molecule has 5 nitrogen and oxygen atoms in total. The van der Waals surface area contributed by atoms with Crippen LogP contribution in [0, 0.1) is 0 Å². The summed E-state index contributed by atoms with van der Waals surface area (Å²) in [5.41, 5.74) is 6.34. The minimum atomic E-state index is -0.360. The second-order valence-electron chi connectivity index (χ2n) is 5.67. The summed E-state index contributed by atoms with van der Waals surface area (Å²) in [6.45, 7) is 1.91. The van der Waals surface area contributed by atoms with Gasteiger partial charge in [-0.2, -0.15) is 10.2 Å². The van der Waals surface area contributed by atoms with Crippen LogP contribution in [0.5, 0.6) is 0 Å². The number of aromatic nitrogens is 2. The summed E-state index contributed by atoms with van der Waals surface area (Å²) in [5, 5.41) is 11.5. The molecule has 3 rings (SSSR count). The van der Waals surface area contributed by atoms with E-state index in [2.05, 4.69) is 20.7 Å². The molecule has 0 saturated carbocycles. The maximum absolute atomic E-state index is 12.1. The predicted octanol–water partition coefficient (Wildman–Crippen LogP) is 4.55. The van der Waals surface area contributed by atoms with Crippen molar-refractivity contribution < 1.29 is 4.79 Å². The van der Waals surface area contributed by atoms with Gasteiger partial charge in [0.25, 0.3) is 5.91 Å². The molecule has 0 aliphatic carbocycles. The molecule has 0 saturated heterocycles. The van der Waals surface area contributed by atoms with Gasteiger partial charge in [-0.1, -0.05) is 60.1 Å². The van der Waals surface area contributed by atoms with Crippen LogP contribution >= 0.6 is 11.6 Å². The highest BCUT2D eigenvalue weighted by Gasteiger charge is 2.10. The number of nitrogens with one attached hydrogen (secondary N) is 2. The van der Waals surface area contributed by atoms with Crippen LogP contribution in [0.2, 0.25) is 5.02 Å². The topological polar surface area (TPSA) is 70.1 Å². The second-order valence-corrected chi connectivity index (χ2v) is 6.11. The lowest BCUT2D eigenvalue weighted by Gasteiger charge is -1.97. The van der Waals surface area contributed by atoms with Crippen molar-refractivity contribution in [3.05, 3.63) is 82.5 Å². The molecule has 3 aromatic rings. The Morgan fingerprint density at radius 2 is 1.88 bits per heavy atom. The van der Waals surface area contributed by atoms with Gasteiger partial charge in [0, 0.05) is 10.6 Å². The minimum Gasteiger partial charge on any atom is -0.272 e. The Labute approximate surface area is 156 Å². The number of hydrazone groups is 1. The molecule has 0 radical (unpaired) electrons. The maximum Gasteiger partial charge on any atom is 0.289 e. The quantitative estimate of drug-likeness (QED) is 0.515. The highest BCUT2D eigenvalue weighted by Crippen LogP contribution is 2.20. The molecule has 2 aromatic carbocycles. The van der Waals surface area contributed by atoms with Crippen molar-refractivity contribution in [3.8, 4) is 11.3 Å². The van der Waals surface area contributed by atoms with E-state index >= 15 is 0 Å². The van der Waals surface area contributed by atoms with Gasteiger partial charge in [0.2, 0.25) is 0 Å². The summed E-state index contributed by atoms with van der Waals surface area (Å²) in [6.07, 6.45) is 3.58. The van der Waals surface area contributed by atoms with E-state index in [0.717, 1.165) is 16.7 Å². The van der Waals surface area contributed by atoms with E-state index in [1.54, 1.807) is 24.4 Å². The molecule has 0 aliphatic rings. The van der Waals surface area contributed by atoms with Crippen molar-refractivity contribution in [1.29, 1.82) is 0 Å². The van der Waals surface area contributed by atoms with Gasteiger partial charge in [0.05, 0.1) is 11.9 Å². The Bertz CT molecular complexity index is 943. The first-order chi connectivity index (χ1) is 12.6. The summed E-state index contributed by atoms with van der Waals surface area (Å²) in [5.74, 6) is -0.360. The lowest BCUT2D eigenvalue weighted by Crippen LogP contribution is -2.17. The Hall–Kier alpha value is -3.18. The fourth-order valence-electron chi connectivity index (χ4n) is 2.31. The highest BCUT2D eigenvalue weighted by atomic mass is 35.5. The smallest absolute Gasteiger partial charge is 0.272 e. The van der Waals surface area contributed by atoms with Crippen LogP contribution in [0.1, 0.15) is 23.0 Å².